The molecule has 0 aromatic heterocycles. The molecule has 0 atom stereocenters. The molecule has 0 fully saturated rings. The van der Waals surface area contributed by atoms with Crippen LogP contribution in [0.25, 0.3) is 0 Å². The maximum absolute atomic E-state index is 5.77. The highest BCUT2D eigenvalue weighted by Crippen LogP contribution is 2.22. The van der Waals surface area contributed by atoms with Gasteiger partial charge in [-0.25, -0.2) is 0 Å². The molecule has 0 spiro atoms. The Morgan fingerprint density at radius 3 is 2.00 bits per heavy atom. The Labute approximate surface area is 82.8 Å². The average Bonchev–Trinajstić information content (AvgIpc) is 2.03. The van der Waals surface area contributed by atoms with Crippen molar-refractivity contribution in [2.24, 2.45) is 5.73 Å². The zero-order chi connectivity index (χ0) is 10.6. The maximum Gasteiger partial charge on any atom is 0.133 e. The smallest absolute Gasteiger partial charge is 0.133 e. The van der Waals surface area contributed by atoms with E-state index in [1.54, 1.807) is 0 Å². The molecule has 0 saturated heterocycles. The first kappa shape index (κ1) is 12.1. The third kappa shape index (κ3) is 3.13. The van der Waals surface area contributed by atoms with Gasteiger partial charge < -0.3 is 5.73 Å². The number of hydrogen-bond acceptors (Lipinski definition) is 1. The van der Waals surface area contributed by atoms with E-state index in [4.69, 9.17) is 5.73 Å². The van der Waals surface area contributed by atoms with Gasteiger partial charge >= 0.3 is 0 Å². The molecule has 13 heavy (non-hydrogen) atoms. The highest BCUT2D eigenvalue weighted by molar-refractivity contribution is 6.22. The van der Waals surface area contributed by atoms with Crippen molar-refractivity contribution in [1.29, 1.82) is 0 Å². The predicted octanol–water partition coefficient (Wildman–Crippen LogP) is 2.11. The Bertz CT molecular complexity index is 268. The normalized spacial score (nSPS) is 14.8. The molecule has 0 aliphatic rings. The molecule has 0 aromatic carbocycles. The van der Waals surface area contributed by atoms with E-state index in [-0.39, 0.29) is 0 Å². The predicted molar refractivity (Wildman–Crippen MR) is 63.2 cm³/mol. The van der Waals surface area contributed by atoms with Gasteiger partial charge in [-0.1, -0.05) is 31.6 Å². The van der Waals surface area contributed by atoms with Crippen LogP contribution in [0.5, 0.6) is 0 Å². The monoisotopic (exact) mass is 177 g/mol. The largest absolute Gasteiger partial charge is 0.399 e. The van der Waals surface area contributed by atoms with E-state index in [9.17, 15) is 0 Å². The van der Waals surface area contributed by atoms with Crippen LogP contribution < -0.4 is 5.73 Å². The fourth-order valence-corrected chi connectivity index (χ4v) is 1.26. The Morgan fingerprint density at radius 2 is 1.77 bits per heavy atom. The minimum Gasteiger partial charge on any atom is -0.399 e. The van der Waals surface area contributed by atoms with E-state index in [0.717, 1.165) is 12.0 Å². The molecule has 0 amide bonds. The van der Waals surface area contributed by atoms with Crippen LogP contribution >= 0.6 is 0 Å². The highest BCUT2D eigenvalue weighted by atomic mass is 14.6. The average molecular weight is 177 g/mol. The maximum atomic E-state index is 5.77. The molecule has 2 heteroatoms. The highest BCUT2D eigenvalue weighted by Gasteiger charge is 2.06. The van der Waals surface area contributed by atoms with Crippen molar-refractivity contribution >= 4 is 7.85 Å². The third-order valence-electron chi connectivity index (χ3n) is 2.40. The van der Waals surface area contributed by atoms with Gasteiger partial charge in [-0.3, -0.25) is 0 Å². The molecule has 2 N–H and O–H groups in total. The minimum atomic E-state index is 0.679. The van der Waals surface area contributed by atoms with Crippen LogP contribution in [0.15, 0.2) is 34.5 Å². The lowest BCUT2D eigenvalue weighted by molar-refractivity contribution is 1.05. The molecule has 0 saturated carbocycles. The summed E-state index contributed by atoms with van der Waals surface area (Å²) in [5, 5.41) is 0. The van der Waals surface area contributed by atoms with Gasteiger partial charge in [0.1, 0.15) is 7.85 Å². The summed E-state index contributed by atoms with van der Waals surface area (Å²) in [5.74, 6) is 0. The first-order valence-electron chi connectivity index (χ1n) is 4.70. The lowest BCUT2D eigenvalue weighted by Gasteiger charge is -2.13. The SMILES string of the molecule is B/C(C)=C(C)\C(C(=C)N)=C(/C)CC. The summed E-state index contributed by atoms with van der Waals surface area (Å²) >= 11 is 0. The summed E-state index contributed by atoms with van der Waals surface area (Å²) in [7, 11) is 2.10. The van der Waals surface area contributed by atoms with Crippen LogP contribution in [0.2, 0.25) is 0 Å². The first-order valence-corrected chi connectivity index (χ1v) is 4.70. The van der Waals surface area contributed by atoms with Crippen LogP contribution in [0.3, 0.4) is 0 Å². The van der Waals surface area contributed by atoms with Crippen molar-refractivity contribution < 1.29 is 0 Å². The second-order valence-electron chi connectivity index (χ2n) is 3.66. The molecule has 1 nitrogen and oxygen atoms in total. The zero-order valence-electron chi connectivity index (χ0n) is 9.49. The zero-order valence-corrected chi connectivity index (χ0v) is 9.49. The summed E-state index contributed by atoms with van der Waals surface area (Å²) in [6, 6.07) is 0. The molecule has 0 aliphatic carbocycles. The number of rotatable bonds is 3. The van der Waals surface area contributed by atoms with Gasteiger partial charge in [0, 0.05) is 5.70 Å². The van der Waals surface area contributed by atoms with E-state index in [2.05, 4.69) is 42.1 Å². The van der Waals surface area contributed by atoms with E-state index < -0.39 is 0 Å². The van der Waals surface area contributed by atoms with E-state index in [1.807, 2.05) is 0 Å². The molecule has 0 aliphatic heterocycles. The third-order valence-corrected chi connectivity index (χ3v) is 2.40. The van der Waals surface area contributed by atoms with Crippen molar-refractivity contribution in [3.05, 3.63) is 34.5 Å². The van der Waals surface area contributed by atoms with Crippen molar-refractivity contribution in [2.75, 3.05) is 0 Å². The molecular formula is C11H20BN. The molecule has 0 rings (SSSR count). The second-order valence-corrected chi connectivity index (χ2v) is 3.66. The van der Waals surface area contributed by atoms with Crippen LogP contribution in [0.4, 0.5) is 0 Å². The number of hydrogen-bond donors (Lipinski definition) is 1. The molecule has 0 radical (unpaired) electrons. The summed E-state index contributed by atoms with van der Waals surface area (Å²) < 4.78 is 0. The molecule has 0 aromatic rings. The second kappa shape index (κ2) is 4.95. The van der Waals surface area contributed by atoms with Gasteiger partial charge in [-0.15, -0.1) is 5.47 Å². The Balaban J connectivity index is 5.31. The van der Waals surface area contributed by atoms with Gasteiger partial charge in [0.05, 0.1) is 0 Å². The summed E-state index contributed by atoms with van der Waals surface area (Å²) in [6.45, 7) is 12.3. The summed E-state index contributed by atoms with van der Waals surface area (Å²) in [5.41, 5.74) is 11.5. The number of nitrogens with two attached hydrogens (primary N) is 1. The molecule has 72 valence electrons. The van der Waals surface area contributed by atoms with Gasteiger partial charge in [-0.05, 0) is 25.8 Å². The summed E-state index contributed by atoms with van der Waals surface area (Å²) in [6.07, 6.45) is 1.02. The van der Waals surface area contributed by atoms with Crippen molar-refractivity contribution in [3.8, 4) is 0 Å². The first-order chi connectivity index (χ1) is 5.91. The molecular weight excluding hydrogens is 157 g/mol. The van der Waals surface area contributed by atoms with Gasteiger partial charge in [0.2, 0.25) is 0 Å². The van der Waals surface area contributed by atoms with Gasteiger partial charge in [0.15, 0.2) is 0 Å². The van der Waals surface area contributed by atoms with Crippen LogP contribution in [0, 0.1) is 0 Å². The van der Waals surface area contributed by atoms with Crippen molar-refractivity contribution in [2.45, 2.75) is 34.1 Å². The Morgan fingerprint density at radius 1 is 1.31 bits per heavy atom. The standard InChI is InChI=1S/C11H20BN/c1-6-7(2)11(10(5)13)8(3)9(4)12/h5-6,12-13H2,1-4H3/b9-8-,11-7-. The van der Waals surface area contributed by atoms with Crippen LogP contribution in [-0.4, -0.2) is 7.85 Å². The van der Waals surface area contributed by atoms with Gasteiger partial charge in [-0.2, -0.15) is 0 Å². The Hall–Kier alpha value is -0.915. The molecule has 0 heterocycles. The molecule has 0 unspecified atom stereocenters. The van der Waals surface area contributed by atoms with Crippen LogP contribution in [0.1, 0.15) is 34.1 Å². The lowest BCUT2D eigenvalue weighted by atomic mass is 9.86. The van der Waals surface area contributed by atoms with E-state index in [1.165, 1.54) is 16.6 Å². The van der Waals surface area contributed by atoms with Crippen molar-refractivity contribution in [3.63, 3.8) is 0 Å². The quantitative estimate of drug-likeness (QED) is 0.518. The fraction of sp³-hybridized carbons (Fsp3) is 0.455. The topological polar surface area (TPSA) is 26.0 Å². The van der Waals surface area contributed by atoms with E-state index in [0.29, 0.717) is 5.70 Å². The van der Waals surface area contributed by atoms with Crippen molar-refractivity contribution in [1.82, 2.24) is 0 Å². The molecule has 0 bridgehead atoms. The number of allylic oxidation sites excluding steroid dienone is 3. The van der Waals surface area contributed by atoms with Gasteiger partial charge in [0.25, 0.3) is 0 Å². The minimum absolute atomic E-state index is 0.679. The fourth-order valence-electron chi connectivity index (χ4n) is 1.26. The lowest BCUT2D eigenvalue weighted by Crippen LogP contribution is -2.04. The Kier molecular flexibility index (Phi) is 4.61. The van der Waals surface area contributed by atoms with E-state index >= 15 is 0 Å². The van der Waals surface area contributed by atoms with Crippen LogP contribution in [-0.2, 0) is 0 Å². The summed E-state index contributed by atoms with van der Waals surface area (Å²) in [4.78, 5) is 0.